The summed E-state index contributed by atoms with van der Waals surface area (Å²) in [5, 5.41) is 0. The van der Waals surface area contributed by atoms with Crippen LogP contribution < -0.4 is 11.3 Å². The lowest BCUT2D eigenvalue weighted by atomic mass is 9.97. The normalized spacial score (nSPS) is 17.3. The highest BCUT2D eigenvalue weighted by atomic mass is 16.5. The van der Waals surface area contributed by atoms with Gasteiger partial charge in [0.1, 0.15) is 0 Å². The van der Waals surface area contributed by atoms with Crippen LogP contribution in [0.15, 0.2) is 0 Å². The number of hydrogen-bond donors (Lipinski definition) is 2. The summed E-state index contributed by atoms with van der Waals surface area (Å²) in [4.78, 5) is 12.6. The van der Waals surface area contributed by atoms with E-state index < -0.39 is 0 Å². The molecule has 0 aromatic carbocycles. The summed E-state index contributed by atoms with van der Waals surface area (Å²) in [6.07, 6.45) is 0.788. The maximum atomic E-state index is 10.9. The third-order valence-electron chi connectivity index (χ3n) is 2.09. The van der Waals surface area contributed by atoms with Crippen LogP contribution in [0.3, 0.4) is 0 Å². The van der Waals surface area contributed by atoms with Gasteiger partial charge in [0.25, 0.3) is 0 Å². The zero-order chi connectivity index (χ0) is 8.97. The molecule has 1 aliphatic rings. The number of hydrazine groups is 1. The predicted octanol–water partition coefficient (Wildman–Crippen LogP) is -0.462. The molecule has 1 rings (SSSR count). The number of carbonyl (C=O) groups excluding carboxylic acids is 1. The van der Waals surface area contributed by atoms with Crippen LogP contribution in [0.25, 0.3) is 0 Å². The van der Waals surface area contributed by atoms with Crippen molar-refractivity contribution >= 4 is 6.09 Å². The third kappa shape index (κ3) is 2.09. The molecule has 0 aliphatic carbocycles. The van der Waals surface area contributed by atoms with E-state index in [2.05, 4.69) is 10.2 Å². The van der Waals surface area contributed by atoms with Crippen molar-refractivity contribution in [2.24, 2.45) is 11.8 Å². The monoisotopic (exact) mass is 173 g/mol. The van der Waals surface area contributed by atoms with Crippen LogP contribution in [-0.2, 0) is 4.74 Å². The number of carbonyl (C=O) groups is 1. The fraction of sp³-hybridized carbons (Fsp3) is 0.857. The molecule has 1 fully saturated rings. The molecular weight excluding hydrogens is 158 g/mol. The van der Waals surface area contributed by atoms with E-state index in [9.17, 15) is 4.79 Å². The first-order chi connectivity index (χ1) is 5.77. The van der Waals surface area contributed by atoms with Gasteiger partial charge in [-0.05, 0) is 12.3 Å². The minimum absolute atomic E-state index is 0.230. The molecule has 0 atom stereocenters. The van der Waals surface area contributed by atoms with Crippen LogP contribution in [0, 0.1) is 5.92 Å². The second-order valence-corrected chi connectivity index (χ2v) is 2.98. The summed E-state index contributed by atoms with van der Waals surface area (Å²) in [6, 6.07) is 0. The van der Waals surface area contributed by atoms with E-state index in [-0.39, 0.29) is 6.09 Å². The largest absolute Gasteiger partial charge is 0.453 e. The minimum atomic E-state index is -0.230. The molecule has 3 N–H and O–H groups in total. The lowest BCUT2D eigenvalue weighted by Gasteiger charge is -2.37. The van der Waals surface area contributed by atoms with Gasteiger partial charge in [-0.15, -0.1) is 0 Å². The summed E-state index contributed by atoms with van der Waals surface area (Å²) in [5.41, 5.74) is 2.59. The van der Waals surface area contributed by atoms with Crippen LogP contribution in [0.2, 0.25) is 0 Å². The molecule has 70 valence electrons. The van der Waals surface area contributed by atoms with Crippen molar-refractivity contribution in [2.45, 2.75) is 6.42 Å². The molecule has 12 heavy (non-hydrogen) atoms. The standard InChI is InChI=1S/C7H15N3O2/c1-12-7(11)10-4-6(5-10)2-3-9-8/h6,9H,2-5,8H2,1H3. The van der Waals surface area contributed by atoms with Crippen LogP contribution in [0.5, 0.6) is 0 Å². The van der Waals surface area contributed by atoms with Crippen LogP contribution in [-0.4, -0.2) is 37.7 Å². The van der Waals surface area contributed by atoms with E-state index in [1.165, 1.54) is 7.11 Å². The van der Waals surface area contributed by atoms with Gasteiger partial charge < -0.3 is 9.64 Å². The number of likely N-dealkylation sites (tertiary alicyclic amines) is 1. The fourth-order valence-corrected chi connectivity index (χ4v) is 1.32. The lowest BCUT2D eigenvalue weighted by Crippen LogP contribution is -2.50. The highest BCUT2D eigenvalue weighted by molar-refractivity contribution is 5.68. The van der Waals surface area contributed by atoms with Gasteiger partial charge in [0.2, 0.25) is 0 Å². The molecule has 0 bridgehead atoms. The Labute approximate surface area is 71.8 Å². The van der Waals surface area contributed by atoms with Crippen LogP contribution in [0.4, 0.5) is 4.79 Å². The van der Waals surface area contributed by atoms with Crippen LogP contribution >= 0.6 is 0 Å². The molecule has 0 spiro atoms. The second kappa shape index (κ2) is 4.27. The number of hydrogen-bond acceptors (Lipinski definition) is 4. The zero-order valence-corrected chi connectivity index (χ0v) is 7.25. The summed E-state index contributed by atoms with van der Waals surface area (Å²) in [6.45, 7) is 2.41. The quantitative estimate of drug-likeness (QED) is 0.447. The maximum Gasteiger partial charge on any atom is 0.409 e. The SMILES string of the molecule is COC(=O)N1CC(CCNN)C1. The molecule has 5 heteroatoms. The second-order valence-electron chi connectivity index (χ2n) is 2.98. The Hall–Kier alpha value is -0.810. The summed E-state index contributed by atoms with van der Waals surface area (Å²) >= 11 is 0. The van der Waals surface area contributed by atoms with E-state index in [1.807, 2.05) is 0 Å². The average molecular weight is 173 g/mol. The molecule has 0 aromatic heterocycles. The Balaban J connectivity index is 2.07. The minimum Gasteiger partial charge on any atom is -0.453 e. The molecule has 0 unspecified atom stereocenters. The maximum absolute atomic E-state index is 10.9. The fourth-order valence-electron chi connectivity index (χ4n) is 1.32. The smallest absolute Gasteiger partial charge is 0.409 e. The number of nitrogens with one attached hydrogen (secondary N) is 1. The van der Waals surface area contributed by atoms with E-state index >= 15 is 0 Å². The first kappa shape index (κ1) is 9.28. The summed E-state index contributed by atoms with van der Waals surface area (Å²) in [7, 11) is 1.40. The van der Waals surface area contributed by atoms with Gasteiger partial charge in [-0.3, -0.25) is 11.3 Å². The van der Waals surface area contributed by atoms with Gasteiger partial charge in [0, 0.05) is 19.6 Å². The Morgan fingerprint density at radius 3 is 2.92 bits per heavy atom. The molecule has 1 saturated heterocycles. The Kier molecular flexibility index (Phi) is 3.31. The molecule has 1 aliphatic heterocycles. The van der Waals surface area contributed by atoms with Gasteiger partial charge in [0.15, 0.2) is 0 Å². The van der Waals surface area contributed by atoms with Crippen molar-refractivity contribution in [3.05, 3.63) is 0 Å². The number of methoxy groups -OCH3 is 1. The topological polar surface area (TPSA) is 67.6 Å². The van der Waals surface area contributed by atoms with Crippen molar-refractivity contribution in [2.75, 3.05) is 26.7 Å². The third-order valence-corrected chi connectivity index (χ3v) is 2.09. The lowest BCUT2D eigenvalue weighted by molar-refractivity contribution is 0.0648. The molecule has 0 aromatic rings. The number of ether oxygens (including phenoxy) is 1. The average Bonchev–Trinajstić information content (AvgIpc) is 2.01. The Morgan fingerprint density at radius 1 is 1.75 bits per heavy atom. The summed E-state index contributed by atoms with van der Waals surface area (Å²) < 4.78 is 4.55. The van der Waals surface area contributed by atoms with Crippen molar-refractivity contribution in [1.82, 2.24) is 10.3 Å². The Bertz CT molecular complexity index is 157. The molecular formula is C7H15N3O2. The molecule has 1 heterocycles. The van der Waals surface area contributed by atoms with E-state index in [4.69, 9.17) is 5.84 Å². The highest BCUT2D eigenvalue weighted by Gasteiger charge is 2.30. The van der Waals surface area contributed by atoms with Crippen molar-refractivity contribution in [3.63, 3.8) is 0 Å². The number of rotatable bonds is 3. The van der Waals surface area contributed by atoms with Crippen molar-refractivity contribution in [3.8, 4) is 0 Å². The Morgan fingerprint density at radius 2 is 2.42 bits per heavy atom. The molecule has 0 radical (unpaired) electrons. The predicted molar refractivity (Wildman–Crippen MR) is 44.3 cm³/mol. The molecule has 0 saturated carbocycles. The first-order valence-electron chi connectivity index (χ1n) is 4.04. The van der Waals surface area contributed by atoms with Gasteiger partial charge in [0.05, 0.1) is 7.11 Å². The van der Waals surface area contributed by atoms with E-state index in [0.717, 1.165) is 26.1 Å². The van der Waals surface area contributed by atoms with Gasteiger partial charge in [-0.1, -0.05) is 0 Å². The van der Waals surface area contributed by atoms with E-state index in [0.29, 0.717) is 5.92 Å². The van der Waals surface area contributed by atoms with Gasteiger partial charge >= 0.3 is 6.09 Å². The highest BCUT2D eigenvalue weighted by Crippen LogP contribution is 2.18. The van der Waals surface area contributed by atoms with E-state index in [1.54, 1.807) is 4.90 Å². The van der Waals surface area contributed by atoms with Crippen molar-refractivity contribution in [1.29, 1.82) is 0 Å². The molecule has 1 amide bonds. The molecule has 5 nitrogen and oxygen atoms in total. The van der Waals surface area contributed by atoms with Gasteiger partial charge in [-0.25, -0.2) is 4.79 Å². The number of amides is 1. The first-order valence-corrected chi connectivity index (χ1v) is 4.04. The van der Waals surface area contributed by atoms with Crippen molar-refractivity contribution < 1.29 is 9.53 Å². The number of nitrogens with zero attached hydrogens (tertiary/aromatic N) is 1. The van der Waals surface area contributed by atoms with Crippen LogP contribution in [0.1, 0.15) is 6.42 Å². The van der Waals surface area contributed by atoms with Gasteiger partial charge in [-0.2, -0.15) is 0 Å². The summed E-state index contributed by atoms with van der Waals surface area (Å²) in [5.74, 6) is 5.70. The zero-order valence-electron chi connectivity index (χ0n) is 7.25. The number of nitrogens with two attached hydrogens (primary N) is 1.